The van der Waals surface area contributed by atoms with Crippen LogP contribution in [0.15, 0.2) is 115 Å². The highest BCUT2D eigenvalue weighted by molar-refractivity contribution is 6.39. The predicted octanol–water partition coefficient (Wildman–Crippen LogP) is 4.57. The van der Waals surface area contributed by atoms with E-state index in [1.54, 1.807) is 0 Å². The van der Waals surface area contributed by atoms with E-state index in [1.807, 2.05) is 115 Å². The van der Waals surface area contributed by atoms with E-state index in [4.69, 9.17) is 14.0 Å². The molecule has 5 heteroatoms. The van der Waals surface area contributed by atoms with Crippen molar-refractivity contribution in [2.45, 2.75) is 0 Å². The molecule has 4 rings (SSSR count). The Morgan fingerprint density at radius 3 is 1.48 bits per heavy atom. The second kappa shape index (κ2) is 11.2. The molecule has 0 radical (unpaired) electrons. The number of hydrogen-bond acceptors (Lipinski definition) is 3. The van der Waals surface area contributed by atoms with Gasteiger partial charge in [-0.15, -0.1) is 0 Å². The van der Waals surface area contributed by atoms with Crippen molar-refractivity contribution >= 4 is 13.0 Å². The molecule has 0 saturated carbocycles. The summed E-state index contributed by atoms with van der Waals surface area (Å²) in [6, 6.07) is 38.8. The van der Waals surface area contributed by atoms with Crippen LogP contribution in [0.1, 0.15) is 0 Å². The second-order valence-corrected chi connectivity index (χ2v) is 5.95. The molecule has 0 aliphatic carbocycles. The van der Waals surface area contributed by atoms with Gasteiger partial charge in [-0.05, 0) is 30.3 Å². The van der Waals surface area contributed by atoms with Crippen LogP contribution in [0, 0.1) is 6.07 Å². The molecular formula is C24H22BNO3. The van der Waals surface area contributed by atoms with Crippen LogP contribution in [0.25, 0.3) is 0 Å². The molecule has 0 saturated heterocycles. The molecule has 29 heavy (non-hydrogen) atoms. The van der Waals surface area contributed by atoms with Crippen LogP contribution >= 0.6 is 0 Å². The van der Waals surface area contributed by atoms with Crippen LogP contribution in [0.3, 0.4) is 0 Å². The highest BCUT2D eigenvalue weighted by atomic mass is 16.7. The summed E-state index contributed by atoms with van der Waals surface area (Å²) in [6.07, 6.45) is 0. The van der Waals surface area contributed by atoms with Gasteiger partial charge in [-0.3, -0.25) is 0 Å². The van der Waals surface area contributed by atoms with Crippen LogP contribution in [0.5, 0.6) is 17.2 Å². The van der Waals surface area contributed by atoms with E-state index < -0.39 is 7.32 Å². The standard InChI is InChI=1S/C18H16BNO3.C6H5/c20-17-13-7-8-14-18(17)23-19(21-15-9-3-1-4-10-15)22-16-11-5-2-6-12-16;1-2-4-6-5-3-1/h1-14H,20H2;1-5H/q;-1/p+1. The molecule has 0 aliphatic rings. The van der Waals surface area contributed by atoms with E-state index in [-0.39, 0.29) is 0 Å². The summed E-state index contributed by atoms with van der Waals surface area (Å²) in [5, 5.41) is 0. The molecule has 144 valence electrons. The SMILES string of the molecule is [NH3+]c1ccccc1OB(Oc1ccccc1)Oc1ccccc1.[c-]1ccccc1. The zero-order valence-electron chi connectivity index (χ0n) is 16.0. The maximum absolute atomic E-state index is 5.85. The molecule has 0 atom stereocenters. The molecule has 0 spiro atoms. The zero-order chi connectivity index (χ0) is 20.2. The molecule has 4 aromatic carbocycles. The van der Waals surface area contributed by atoms with Gasteiger partial charge in [0.25, 0.3) is 0 Å². The summed E-state index contributed by atoms with van der Waals surface area (Å²) < 4.78 is 17.5. The third kappa shape index (κ3) is 7.09. The summed E-state index contributed by atoms with van der Waals surface area (Å²) in [5.41, 5.74) is 4.72. The Bertz CT molecular complexity index is 885. The summed E-state index contributed by atoms with van der Waals surface area (Å²) >= 11 is 0. The first-order valence-corrected chi connectivity index (χ1v) is 9.23. The first-order valence-electron chi connectivity index (χ1n) is 9.23. The van der Waals surface area contributed by atoms with Crippen molar-refractivity contribution in [2.75, 3.05) is 0 Å². The zero-order valence-corrected chi connectivity index (χ0v) is 16.0. The van der Waals surface area contributed by atoms with Crippen molar-refractivity contribution in [2.24, 2.45) is 0 Å². The van der Waals surface area contributed by atoms with E-state index in [0.29, 0.717) is 17.2 Å². The number of quaternary nitrogens is 1. The molecule has 0 aromatic heterocycles. The summed E-state index contributed by atoms with van der Waals surface area (Å²) in [6.45, 7) is 0. The van der Waals surface area contributed by atoms with Crippen molar-refractivity contribution in [1.82, 2.24) is 0 Å². The fraction of sp³-hybridized carbons (Fsp3) is 0. The van der Waals surface area contributed by atoms with Crippen molar-refractivity contribution < 1.29 is 19.7 Å². The van der Waals surface area contributed by atoms with Crippen molar-refractivity contribution in [3.05, 3.63) is 121 Å². The van der Waals surface area contributed by atoms with Gasteiger partial charge >= 0.3 is 7.32 Å². The van der Waals surface area contributed by atoms with Crippen LogP contribution < -0.4 is 19.7 Å². The van der Waals surface area contributed by atoms with Gasteiger partial charge in [0.1, 0.15) is 11.5 Å². The van der Waals surface area contributed by atoms with E-state index in [2.05, 4.69) is 11.8 Å². The van der Waals surface area contributed by atoms with Gasteiger partial charge in [-0.1, -0.05) is 48.5 Å². The maximum Gasteiger partial charge on any atom is 0.864 e. The Kier molecular flexibility index (Phi) is 7.76. The maximum atomic E-state index is 5.85. The largest absolute Gasteiger partial charge is 0.864 e. The van der Waals surface area contributed by atoms with E-state index in [9.17, 15) is 0 Å². The highest BCUT2D eigenvalue weighted by Gasteiger charge is 2.31. The van der Waals surface area contributed by atoms with Crippen molar-refractivity contribution in [1.29, 1.82) is 0 Å². The molecule has 0 aliphatic heterocycles. The first-order chi connectivity index (χ1) is 14.3. The first kappa shape index (κ1) is 20.0. The monoisotopic (exact) mass is 383 g/mol. The van der Waals surface area contributed by atoms with E-state index in [0.717, 1.165) is 5.69 Å². The van der Waals surface area contributed by atoms with Crippen LogP contribution in [-0.2, 0) is 0 Å². The lowest BCUT2D eigenvalue weighted by Crippen LogP contribution is -2.43. The lowest BCUT2D eigenvalue weighted by Gasteiger charge is -2.16. The van der Waals surface area contributed by atoms with Crippen molar-refractivity contribution in [3.8, 4) is 17.2 Å². The lowest BCUT2D eigenvalue weighted by molar-refractivity contribution is -0.256. The van der Waals surface area contributed by atoms with Gasteiger partial charge in [0.2, 0.25) is 0 Å². The fourth-order valence-electron chi connectivity index (χ4n) is 2.36. The molecule has 0 fully saturated rings. The molecule has 0 bridgehead atoms. The Morgan fingerprint density at radius 1 is 0.552 bits per heavy atom. The average Bonchev–Trinajstić information content (AvgIpc) is 2.78. The van der Waals surface area contributed by atoms with Gasteiger partial charge in [0.15, 0.2) is 11.4 Å². The van der Waals surface area contributed by atoms with Crippen molar-refractivity contribution in [3.63, 3.8) is 0 Å². The molecule has 0 unspecified atom stereocenters. The predicted molar refractivity (Wildman–Crippen MR) is 115 cm³/mol. The van der Waals surface area contributed by atoms with Crippen LogP contribution in [0.2, 0.25) is 0 Å². The Hall–Kier alpha value is -3.70. The third-order valence-electron chi connectivity index (χ3n) is 3.75. The van der Waals surface area contributed by atoms with Gasteiger partial charge in [0.05, 0.1) is 0 Å². The Labute approximate surface area is 171 Å². The number of rotatable bonds is 6. The molecule has 4 aromatic rings. The smallest absolute Gasteiger partial charge is 0.490 e. The summed E-state index contributed by atoms with van der Waals surface area (Å²) in [7, 11) is -0.914. The van der Waals surface area contributed by atoms with E-state index >= 15 is 0 Å². The minimum absolute atomic E-state index is 0.615. The lowest BCUT2D eigenvalue weighted by atomic mass is 10.2. The minimum atomic E-state index is -0.914. The van der Waals surface area contributed by atoms with Gasteiger partial charge in [0, 0.05) is 6.07 Å². The highest BCUT2D eigenvalue weighted by Crippen LogP contribution is 2.21. The third-order valence-corrected chi connectivity index (χ3v) is 3.75. The quantitative estimate of drug-likeness (QED) is 0.392. The van der Waals surface area contributed by atoms with Gasteiger partial charge in [-0.25, -0.2) is 0 Å². The Balaban J connectivity index is 0.000000343. The molecule has 3 N–H and O–H groups in total. The van der Waals surface area contributed by atoms with Gasteiger partial charge in [-0.2, -0.15) is 36.4 Å². The number of benzene rings is 4. The summed E-state index contributed by atoms with van der Waals surface area (Å²) in [5.74, 6) is 1.94. The number of para-hydroxylation sites is 3. The van der Waals surface area contributed by atoms with Crippen LogP contribution in [-0.4, -0.2) is 7.32 Å². The second-order valence-electron chi connectivity index (χ2n) is 5.95. The fourth-order valence-corrected chi connectivity index (χ4v) is 2.36. The molecule has 0 heterocycles. The van der Waals surface area contributed by atoms with Gasteiger partial charge < -0.3 is 19.7 Å². The molecular weight excluding hydrogens is 361 g/mol. The van der Waals surface area contributed by atoms with Crippen LogP contribution in [0.4, 0.5) is 5.69 Å². The minimum Gasteiger partial charge on any atom is -0.490 e. The number of hydrogen-bond donors (Lipinski definition) is 1. The molecule has 0 amide bonds. The topological polar surface area (TPSA) is 55.3 Å². The molecule has 4 nitrogen and oxygen atoms in total. The normalized spacial score (nSPS) is 9.55. The average molecular weight is 383 g/mol. The summed E-state index contributed by atoms with van der Waals surface area (Å²) in [4.78, 5) is 0. The Morgan fingerprint density at radius 2 is 1.03 bits per heavy atom. The van der Waals surface area contributed by atoms with E-state index in [1.165, 1.54) is 0 Å².